The molecule has 3 aromatic heterocycles. The lowest BCUT2D eigenvalue weighted by atomic mass is 10.3. The molecule has 0 atom stereocenters. The lowest BCUT2D eigenvalue weighted by Crippen LogP contribution is -2.13. The van der Waals surface area contributed by atoms with Crippen molar-refractivity contribution in [2.75, 3.05) is 5.32 Å². The summed E-state index contributed by atoms with van der Waals surface area (Å²) in [6.07, 6.45) is 3.03. The zero-order valence-corrected chi connectivity index (χ0v) is 12.8. The SMILES string of the molecule is Cc1c(NC(=O)c2ccc(Br)o2)c(-n2cnnc2)nn1C. The van der Waals surface area contributed by atoms with Gasteiger partial charge in [0.05, 0.1) is 5.69 Å². The van der Waals surface area contributed by atoms with Crippen molar-refractivity contribution in [3.63, 3.8) is 0 Å². The third-order valence-corrected chi connectivity index (χ3v) is 3.44. The number of anilines is 1. The van der Waals surface area contributed by atoms with Gasteiger partial charge in [-0.2, -0.15) is 5.10 Å². The highest BCUT2D eigenvalue weighted by Crippen LogP contribution is 2.24. The second-order valence-electron chi connectivity index (χ2n) is 4.33. The minimum Gasteiger partial charge on any atom is -0.444 e. The standard InChI is InChI=1S/C12H11BrN6O2/c1-7-10(16-12(20)8-3-4-9(13)21-8)11(17-18(7)2)19-5-14-15-6-19/h3-6H,1-2H3,(H,16,20). The van der Waals surface area contributed by atoms with Crippen LogP contribution in [-0.4, -0.2) is 30.5 Å². The normalized spacial score (nSPS) is 10.8. The molecule has 3 rings (SSSR count). The summed E-state index contributed by atoms with van der Waals surface area (Å²) in [5, 5.41) is 14.6. The van der Waals surface area contributed by atoms with E-state index in [2.05, 4.69) is 36.5 Å². The average Bonchev–Trinajstić information content (AvgIpc) is 3.16. The van der Waals surface area contributed by atoms with Crippen molar-refractivity contribution in [2.45, 2.75) is 6.92 Å². The number of carbonyl (C=O) groups is 1. The van der Waals surface area contributed by atoms with Gasteiger partial charge in [-0.1, -0.05) is 0 Å². The summed E-state index contributed by atoms with van der Waals surface area (Å²) in [5.74, 6) is 0.393. The largest absolute Gasteiger partial charge is 0.444 e. The van der Waals surface area contributed by atoms with E-state index < -0.39 is 0 Å². The maximum Gasteiger partial charge on any atom is 0.291 e. The van der Waals surface area contributed by atoms with Crippen LogP contribution in [0.4, 0.5) is 5.69 Å². The Hall–Kier alpha value is -2.42. The molecule has 1 amide bonds. The number of aryl methyl sites for hydroxylation is 1. The van der Waals surface area contributed by atoms with E-state index in [0.717, 1.165) is 5.69 Å². The molecule has 0 unspecified atom stereocenters. The fraction of sp³-hybridized carbons (Fsp3) is 0.167. The van der Waals surface area contributed by atoms with Crippen molar-refractivity contribution in [3.8, 4) is 5.82 Å². The van der Waals surface area contributed by atoms with Gasteiger partial charge < -0.3 is 9.73 Å². The Morgan fingerprint density at radius 2 is 2.05 bits per heavy atom. The van der Waals surface area contributed by atoms with Crippen molar-refractivity contribution < 1.29 is 9.21 Å². The zero-order valence-electron chi connectivity index (χ0n) is 11.2. The summed E-state index contributed by atoms with van der Waals surface area (Å²) >= 11 is 3.17. The Balaban J connectivity index is 1.97. The number of rotatable bonds is 3. The predicted molar refractivity (Wildman–Crippen MR) is 77.2 cm³/mol. The molecule has 0 aromatic carbocycles. The van der Waals surface area contributed by atoms with E-state index in [-0.39, 0.29) is 11.7 Å². The van der Waals surface area contributed by atoms with Gasteiger partial charge in [0.25, 0.3) is 5.91 Å². The first-order valence-electron chi connectivity index (χ1n) is 6.01. The molecular formula is C12H11BrN6O2. The number of aromatic nitrogens is 5. The highest BCUT2D eigenvalue weighted by Gasteiger charge is 2.19. The Labute approximate surface area is 127 Å². The lowest BCUT2D eigenvalue weighted by molar-refractivity contribution is 0.0995. The van der Waals surface area contributed by atoms with Crippen LogP contribution in [0.25, 0.3) is 5.82 Å². The van der Waals surface area contributed by atoms with Crippen LogP contribution in [0.5, 0.6) is 0 Å². The van der Waals surface area contributed by atoms with Gasteiger partial charge in [0.2, 0.25) is 0 Å². The number of halogens is 1. The Morgan fingerprint density at radius 1 is 1.33 bits per heavy atom. The number of nitrogens with one attached hydrogen (secondary N) is 1. The Kier molecular flexibility index (Phi) is 3.34. The van der Waals surface area contributed by atoms with E-state index in [4.69, 9.17) is 4.42 Å². The molecule has 8 nitrogen and oxygen atoms in total. The number of carbonyl (C=O) groups excluding carboxylic acids is 1. The smallest absolute Gasteiger partial charge is 0.291 e. The molecule has 0 radical (unpaired) electrons. The van der Waals surface area contributed by atoms with Gasteiger partial charge in [0, 0.05) is 7.05 Å². The number of furan rings is 1. The minimum atomic E-state index is -0.355. The summed E-state index contributed by atoms with van der Waals surface area (Å²) in [5.41, 5.74) is 1.38. The number of nitrogens with zero attached hydrogens (tertiary/aromatic N) is 5. The van der Waals surface area contributed by atoms with Crippen LogP contribution < -0.4 is 5.32 Å². The van der Waals surface area contributed by atoms with Gasteiger partial charge in [-0.25, -0.2) is 0 Å². The first-order chi connectivity index (χ1) is 10.1. The lowest BCUT2D eigenvalue weighted by Gasteiger charge is -2.05. The van der Waals surface area contributed by atoms with E-state index in [1.807, 2.05) is 6.92 Å². The summed E-state index contributed by atoms with van der Waals surface area (Å²) < 4.78 is 9.03. The zero-order chi connectivity index (χ0) is 15.0. The van der Waals surface area contributed by atoms with Crippen molar-refractivity contribution in [1.82, 2.24) is 24.5 Å². The highest BCUT2D eigenvalue weighted by molar-refractivity contribution is 9.10. The van der Waals surface area contributed by atoms with Gasteiger partial charge in [-0.15, -0.1) is 10.2 Å². The van der Waals surface area contributed by atoms with Crippen molar-refractivity contribution >= 4 is 27.5 Å². The average molecular weight is 351 g/mol. The summed E-state index contributed by atoms with van der Waals surface area (Å²) in [7, 11) is 1.79. The maximum absolute atomic E-state index is 12.2. The van der Waals surface area contributed by atoms with Gasteiger partial charge in [0.1, 0.15) is 18.3 Å². The topological polar surface area (TPSA) is 90.8 Å². The number of amides is 1. The van der Waals surface area contributed by atoms with Crippen LogP contribution in [0, 0.1) is 6.92 Å². The summed E-state index contributed by atoms with van der Waals surface area (Å²) in [6.45, 7) is 1.86. The molecule has 0 fully saturated rings. The van der Waals surface area contributed by atoms with E-state index in [0.29, 0.717) is 16.2 Å². The van der Waals surface area contributed by atoms with Gasteiger partial charge in [-0.3, -0.25) is 14.0 Å². The van der Waals surface area contributed by atoms with Crippen LogP contribution in [0.15, 0.2) is 33.9 Å². The van der Waals surface area contributed by atoms with Crippen LogP contribution in [0.3, 0.4) is 0 Å². The van der Waals surface area contributed by atoms with Gasteiger partial charge in [-0.05, 0) is 35.0 Å². The van der Waals surface area contributed by atoms with E-state index in [9.17, 15) is 4.79 Å². The number of hydrogen-bond acceptors (Lipinski definition) is 5. The molecule has 108 valence electrons. The molecule has 0 aliphatic rings. The molecule has 0 saturated heterocycles. The van der Waals surface area contributed by atoms with Crippen LogP contribution in [-0.2, 0) is 7.05 Å². The highest BCUT2D eigenvalue weighted by atomic mass is 79.9. The predicted octanol–water partition coefficient (Wildman–Crippen LogP) is 1.92. The molecule has 0 bridgehead atoms. The minimum absolute atomic E-state index is 0.208. The van der Waals surface area contributed by atoms with Crippen molar-refractivity contribution in [2.24, 2.45) is 7.05 Å². The molecule has 1 N–H and O–H groups in total. The molecule has 0 spiro atoms. The molecule has 3 heterocycles. The van der Waals surface area contributed by atoms with E-state index in [1.54, 1.807) is 28.4 Å². The number of hydrogen-bond donors (Lipinski definition) is 1. The molecule has 3 aromatic rings. The summed E-state index contributed by atoms with van der Waals surface area (Å²) in [6, 6.07) is 3.25. The molecule has 0 aliphatic carbocycles. The fourth-order valence-corrected chi connectivity index (χ4v) is 2.15. The van der Waals surface area contributed by atoms with E-state index >= 15 is 0 Å². The van der Waals surface area contributed by atoms with Crippen LogP contribution in [0.1, 0.15) is 16.2 Å². The second kappa shape index (κ2) is 5.17. The molecule has 0 saturated carbocycles. The first-order valence-corrected chi connectivity index (χ1v) is 6.81. The quantitative estimate of drug-likeness (QED) is 0.779. The third-order valence-electron chi connectivity index (χ3n) is 3.01. The molecule has 9 heteroatoms. The van der Waals surface area contributed by atoms with Crippen LogP contribution >= 0.6 is 15.9 Å². The fourth-order valence-electron chi connectivity index (χ4n) is 1.84. The van der Waals surface area contributed by atoms with Crippen LogP contribution in [0.2, 0.25) is 0 Å². The Bertz CT molecular complexity index is 789. The molecule has 0 aliphatic heterocycles. The molecular weight excluding hydrogens is 340 g/mol. The third kappa shape index (κ3) is 2.47. The molecule has 21 heavy (non-hydrogen) atoms. The second-order valence-corrected chi connectivity index (χ2v) is 5.12. The maximum atomic E-state index is 12.2. The van der Waals surface area contributed by atoms with Gasteiger partial charge >= 0.3 is 0 Å². The van der Waals surface area contributed by atoms with Crippen molar-refractivity contribution in [3.05, 3.63) is 40.9 Å². The summed E-state index contributed by atoms with van der Waals surface area (Å²) in [4.78, 5) is 12.2. The Morgan fingerprint density at radius 3 is 2.67 bits per heavy atom. The monoisotopic (exact) mass is 350 g/mol. The van der Waals surface area contributed by atoms with E-state index in [1.165, 1.54) is 12.7 Å². The first kappa shape index (κ1) is 13.6. The van der Waals surface area contributed by atoms with Gasteiger partial charge in [0.15, 0.2) is 16.2 Å². The van der Waals surface area contributed by atoms with Crippen molar-refractivity contribution in [1.29, 1.82) is 0 Å².